The topological polar surface area (TPSA) is 75.7 Å². The number of rotatable bonds is 3. The third-order valence-electron chi connectivity index (χ3n) is 1.57. The van der Waals surface area contributed by atoms with E-state index in [9.17, 15) is 4.79 Å². The molecular formula is C9H10N2O2. The monoisotopic (exact) mass is 178 g/mol. The number of carbonyl (C=O) groups excluding carboxylic acids is 1. The molecule has 4 heteroatoms. The summed E-state index contributed by atoms with van der Waals surface area (Å²) in [5.74, 6) is -0.232. The Balaban J connectivity index is 2.70. The van der Waals surface area contributed by atoms with E-state index < -0.39 is 0 Å². The van der Waals surface area contributed by atoms with Gasteiger partial charge in [0.25, 0.3) is 0 Å². The molecule has 0 aliphatic heterocycles. The van der Waals surface area contributed by atoms with Crippen LogP contribution in [0.2, 0.25) is 0 Å². The first-order chi connectivity index (χ1) is 6.24. The normalized spacial score (nSPS) is 11.2. The van der Waals surface area contributed by atoms with Gasteiger partial charge < -0.3 is 10.9 Å². The molecule has 0 saturated carbocycles. The fraction of sp³-hybridized carbons (Fsp3) is 0.111. The van der Waals surface area contributed by atoms with Crippen LogP contribution in [0.25, 0.3) is 0 Å². The van der Waals surface area contributed by atoms with Gasteiger partial charge in [0, 0.05) is 5.56 Å². The molecule has 3 N–H and O–H groups in total. The molecule has 0 heterocycles. The quantitative estimate of drug-likeness (QED) is 0.238. The van der Waals surface area contributed by atoms with Gasteiger partial charge in [-0.3, -0.25) is 4.79 Å². The van der Waals surface area contributed by atoms with Crippen LogP contribution in [0.1, 0.15) is 16.8 Å². The second kappa shape index (κ2) is 4.25. The molecule has 0 aromatic heterocycles. The molecule has 0 atom stereocenters. The Kier molecular flexibility index (Phi) is 3.03. The first-order valence-corrected chi connectivity index (χ1v) is 3.78. The molecule has 0 radical (unpaired) electrons. The molecule has 1 rings (SSSR count). The summed E-state index contributed by atoms with van der Waals surface area (Å²) in [6.45, 7) is 0. The van der Waals surface area contributed by atoms with Crippen molar-refractivity contribution in [3.63, 3.8) is 0 Å². The summed E-state index contributed by atoms with van der Waals surface area (Å²) in [6.07, 6.45) is -0.0550. The zero-order valence-corrected chi connectivity index (χ0v) is 6.97. The highest BCUT2D eigenvalue weighted by molar-refractivity contribution is 6.08. The summed E-state index contributed by atoms with van der Waals surface area (Å²) in [5, 5.41) is 11.0. The molecule has 0 aliphatic rings. The van der Waals surface area contributed by atoms with Crippen LogP contribution in [0, 0.1) is 0 Å². The van der Waals surface area contributed by atoms with Crippen molar-refractivity contribution in [3.8, 4) is 0 Å². The summed E-state index contributed by atoms with van der Waals surface area (Å²) in [7, 11) is 0. The summed E-state index contributed by atoms with van der Waals surface area (Å²) in [5.41, 5.74) is 5.75. The first-order valence-electron chi connectivity index (χ1n) is 3.78. The average Bonchev–Trinajstić information content (AvgIpc) is 2.19. The maximum atomic E-state index is 11.3. The molecule has 1 aromatic rings. The second-order valence-electron chi connectivity index (χ2n) is 2.56. The Labute approximate surface area is 75.7 Å². The van der Waals surface area contributed by atoms with Gasteiger partial charge in [-0.05, 0) is 0 Å². The minimum Gasteiger partial charge on any atom is -0.409 e. The van der Waals surface area contributed by atoms with Gasteiger partial charge in [0.05, 0.1) is 6.42 Å². The summed E-state index contributed by atoms with van der Waals surface area (Å²) < 4.78 is 0. The molecule has 0 bridgehead atoms. The SMILES string of the molecule is N/C(CC(=O)c1ccccc1)=N\O. The number of hydrogen-bond donors (Lipinski definition) is 2. The fourth-order valence-electron chi connectivity index (χ4n) is 0.926. The molecule has 68 valence electrons. The Hall–Kier alpha value is -1.84. The van der Waals surface area contributed by atoms with Gasteiger partial charge in [0.15, 0.2) is 5.78 Å². The van der Waals surface area contributed by atoms with Crippen LogP contribution in [0.4, 0.5) is 0 Å². The highest BCUT2D eigenvalue weighted by Crippen LogP contribution is 2.02. The van der Waals surface area contributed by atoms with Gasteiger partial charge >= 0.3 is 0 Å². The van der Waals surface area contributed by atoms with E-state index in [0.29, 0.717) is 5.56 Å². The van der Waals surface area contributed by atoms with Gasteiger partial charge in [-0.2, -0.15) is 0 Å². The highest BCUT2D eigenvalue weighted by Gasteiger charge is 2.06. The number of nitrogens with zero attached hydrogens (tertiary/aromatic N) is 1. The lowest BCUT2D eigenvalue weighted by atomic mass is 10.1. The van der Waals surface area contributed by atoms with Crippen LogP contribution in [-0.2, 0) is 0 Å². The predicted molar refractivity (Wildman–Crippen MR) is 48.8 cm³/mol. The zero-order valence-electron chi connectivity index (χ0n) is 6.97. The number of hydrogen-bond acceptors (Lipinski definition) is 3. The van der Waals surface area contributed by atoms with Crippen LogP contribution in [-0.4, -0.2) is 16.8 Å². The minimum atomic E-state index is -0.157. The third-order valence-corrected chi connectivity index (χ3v) is 1.57. The Morgan fingerprint density at radius 1 is 1.38 bits per heavy atom. The molecule has 0 amide bonds. The largest absolute Gasteiger partial charge is 0.409 e. The van der Waals surface area contributed by atoms with Gasteiger partial charge in [-0.25, -0.2) is 0 Å². The number of ketones is 1. The molecule has 0 fully saturated rings. The van der Waals surface area contributed by atoms with E-state index in [1.165, 1.54) is 0 Å². The van der Waals surface area contributed by atoms with E-state index in [1.54, 1.807) is 24.3 Å². The molecule has 4 nitrogen and oxygen atoms in total. The predicted octanol–water partition coefficient (Wildman–Crippen LogP) is 1.01. The first kappa shape index (κ1) is 9.25. The van der Waals surface area contributed by atoms with Crippen LogP contribution in [0.15, 0.2) is 35.5 Å². The van der Waals surface area contributed by atoms with Gasteiger partial charge in [-0.15, -0.1) is 0 Å². The lowest BCUT2D eigenvalue weighted by molar-refractivity contribution is 0.0999. The standard InChI is InChI=1S/C9H10N2O2/c10-9(11-13)6-8(12)7-4-2-1-3-5-7/h1-5,13H,6H2,(H2,10,11). The zero-order chi connectivity index (χ0) is 9.68. The molecule has 0 saturated heterocycles. The van der Waals surface area contributed by atoms with E-state index in [-0.39, 0.29) is 18.0 Å². The number of Topliss-reactive ketones (excluding diaryl/α,β-unsaturated/α-hetero) is 1. The van der Waals surface area contributed by atoms with Gasteiger partial charge in [0.2, 0.25) is 0 Å². The van der Waals surface area contributed by atoms with Crippen LogP contribution < -0.4 is 5.73 Å². The number of amidine groups is 1. The average molecular weight is 178 g/mol. The Morgan fingerprint density at radius 3 is 2.54 bits per heavy atom. The summed E-state index contributed by atoms with van der Waals surface area (Å²) >= 11 is 0. The van der Waals surface area contributed by atoms with E-state index >= 15 is 0 Å². The maximum Gasteiger partial charge on any atom is 0.170 e. The fourth-order valence-corrected chi connectivity index (χ4v) is 0.926. The van der Waals surface area contributed by atoms with Crippen molar-refractivity contribution in [2.24, 2.45) is 10.9 Å². The van der Waals surface area contributed by atoms with E-state index in [4.69, 9.17) is 10.9 Å². The maximum absolute atomic E-state index is 11.3. The van der Waals surface area contributed by atoms with Crippen molar-refractivity contribution in [2.45, 2.75) is 6.42 Å². The van der Waals surface area contributed by atoms with E-state index in [1.807, 2.05) is 6.07 Å². The van der Waals surface area contributed by atoms with Crippen LogP contribution in [0.3, 0.4) is 0 Å². The minimum absolute atomic E-state index is 0.0550. The van der Waals surface area contributed by atoms with Crippen molar-refractivity contribution in [3.05, 3.63) is 35.9 Å². The summed E-state index contributed by atoms with van der Waals surface area (Å²) in [6, 6.07) is 8.72. The third kappa shape index (κ3) is 2.59. The van der Waals surface area contributed by atoms with Crippen molar-refractivity contribution in [2.75, 3.05) is 0 Å². The van der Waals surface area contributed by atoms with E-state index in [0.717, 1.165) is 0 Å². The molecular weight excluding hydrogens is 168 g/mol. The number of oxime groups is 1. The molecule has 0 unspecified atom stereocenters. The molecule has 13 heavy (non-hydrogen) atoms. The number of nitrogens with two attached hydrogens (primary N) is 1. The van der Waals surface area contributed by atoms with Gasteiger partial charge in [-0.1, -0.05) is 35.5 Å². The Morgan fingerprint density at radius 2 is 2.00 bits per heavy atom. The van der Waals surface area contributed by atoms with Crippen molar-refractivity contribution >= 4 is 11.6 Å². The second-order valence-corrected chi connectivity index (χ2v) is 2.56. The molecule has 0 aliphatic carbocycles. The Bertz CT molecular complexity index is 320. The van der Waals surface area contributed by atoms with Crippen LogP contribution in [0.5, 0.6) is 0 Å². The molecule has 1 aromatic carbocycles. The number of carbonyl (C=O) groups is 1. The lowest BCUT2D eigenvalue weighted by Gasteiger charge is -1.98. The molecule has 0 spiro atoms. The smallest absolute Gasteiger partial charge is 0.170 e. The lowest BCUT2D eigenvalue weighted by Crippen LogP contribution is -2.16. The van der Waals surface area contributed by atoms with Crippen molar-refractivity contribution in [1.82, 2.24) is 0 Å². The summed E-state index contributed by atoms with van der Waals surface area (Å²) in [4.78, 5) is 11.3. The highest BCUT2D eigenvalue weighted by atomic mass is 16.4. The van der Waals surface area contributed by atoms with E-state index in [2.05, 4.69) is 5.16 Å². The van der Waals surface area contributed by atoms with Crippen molar-refractivity contribution in [1.29, 1.82) is 0 Å². The number of benzene rings is 1. The van der Waals surface area contributed by atoms with Crippen molar-refractivity contribution < 1.29 is 10.0 Å². The van der Waals surface area contributed by atoms with Gasteiger partial charge in [0.1, 0.15) is 5.84 Å². The van der Waals surface area contributed by atoms with Crippen LogP contribution >= 0.6 is 0 Å².